The van der Waals surface area contributed by atoms with Crippen LogP contribution in [-0.2, 0) is 0 Å². The van der Waals surface area contributed by atoms with Crippen molar-refractivity contribution in [3.05, 3.63) is 27.7 Å². The summed E-state index contributed by atoms with van der Waals surface area (Å²) in [5, 5.41) is 24.8. The molecular formula is C10H8BrN5O3. The fourth-order valence-corrected chi connectivity index (χ4v) is 1.88. The van der Waals surface area contributed by atoms with Gasteiger partial charge in [-0.1, -0.05) is 21.0 Å². The SMILES string of the molecule is CC(=O)c1cc(Br)cc(C(=O)Nc2nn[nH]n2)c1O. The third-order valence-corrected chi connectivity index (χ3v) is 2.73. The Morgan fingerprint density at radius 1 is 1.37 bits per heavy atom. The number of carbonyl (C=O) groups is 2. The zero-order valence-electron chi connectivity index (χ0n) is 9.64. The van der Waals surface area contributed by atoms with E-state index in [0.29, 0.717) is 4.47 Å². The number of H-pyrrole nitrogens is 1. The van der Waals surface area contributed by atoms with E-state index in [1.54, 1.807) is 0 Å². The summed E-state index contributed by atoms with van der Waals surface area (Å²) in [5.74, 6) is -1.43. The van der Waals surface area contributed by atoms with Crippen molar-refractivity contribution in [2.75, 3.05) is 5.32 Å². The van der Waals surface area contributed by atoms with Crippen molar-refractivity contribution >= 4 is 33.6 Å². The molecule has 2 rings (SSSR count). The van der Waals surface area contributed by atoms with Crippen LogP contribution in [-0.4, -0.2) is 37.4 Å². The number of hydrogen-bond donors (Lipinski definition) is 3. The van der Waals surface area contributed by atoms with Crippen LogP contribution in [0.3, 0.4) is 0 Å². The third-order valence-electron chi connectivity index (χ3n) is 2.27. The largest absolute Gasteiger partial charge is 0.506 e. The number of nitrogens with one attached hydrogen (secondary N) is 2. The predicted molar refractivity (Wildman–Crippen MR) is 67.9 cm³/mol. The maximum atomic E-state index is 11.9. The molecule has 0 fully saturated rings. The minimum absolute atomic E-state index is 0.0336. The Kier molecular flexibility index (Phi) is 3.56. The van der Waals surface area contributed by atoms with Crippen molar-refractivity contribution in [2.24, 2.45) is 0 Å². The molecule has 98 valence electrons. The highest BCUT2D eigenvalue weighted by molar-refractivity contribution is 9.10. The molecule has 3 N–H and O–H groups in total. The topological polar surface area (TPSA) is 121 Å². The molecule has 0 atom stereocenters. The minimum Gasteiger partial charge on any atom is -0.506 e. The quantitative estimate of drug-likeness (QED) is 0.727. The number of aromatic hydroxyl groups is 1. The zero-order valence-corrected chi connectivity index (χ0v) is 11.2. The van der Waals surface area contributed by atoms with E-state index in [1.807, 2.05) is 0 Å². The number of amides is 1. The number of benzene rings is 1. The van der Waals surface area contributed by atoms with Gasteiger partial charge >= 0.3 is 0 Å². The molecule has 0 saturated carbocycles. The molecular weight excluding hydrogens is 318 g/mol. The molecule has 0 bridgehead atoms. The number of aromatic amines is 1. The van der Waals surface area contributed by atoms with Crippen molar-refractivity contribution in [1.82, 2.24) is 20.6 Å². The maximum Gasteiger partial charge on any atom is 0.270 e. The van der Waals surface area contributed by atoms with E-state index in [2.05, 4.69) is 41.9 Å². The molecule has 2 aromatic rings. The Bertz CT molecular complexity index is 641. The first-order valence-electron chi connectivity index (χ1n) is 5.07. The highest BCUT2D eigenvalue weighted by atomic mass is 79.9. The van der Waals surface area contributed by atoms with Gasteiger partial charge in [0.15, 0.2) is 5.78 Å². The number of halogens is 1. The van der Waals surface area contributed by atoms with Crippen molar-refractivity contribution in [3.63, 3.8) is 0 Å². The lowest BCUT2D eigenvalue weighted by Crippen LogP contribution is -2.14. The molecule has 8 nitrogen and oxygen atoms in total. The molecule has 9 heteroatoms. The fraction of sp³-hybridized carbons (Fsp3) is 0.100. The monoisotopic (exact) mass is 325 g/mol. The lowest BCUT2D eigenvalue weighted by molar-refractivity contribution is 0.101. The van der Waals surface area contributed by atoms with E-state index < -0.39 is 11.7 Å². The van der Waals surface area contributed by atoms with Crippen molar-refractivity contribution in [3.8, 4) is 5.75 Å². The normalized spacial score (nSPS) is 10.2. The first kappa shape index (κ1) is 13.1. The average molecular weight is 326 g/mol. The molecule has 0 aliphatic carbocycles. The highest BCUT2D eigenvalue weighted by Crippen LogP contribution is 2.28. The number of Topliss-reactive ketones (excluding diaryl/α,β-unsaturated/α-hetero) is 1. The number of nitrogens with zero attached hydrogens (tertiary/aromatic N) is 3. The van der Waals surface area contributed by atoms with Gasteiger partial charge in [-0.15, -0.1) is 5.10 Å². The number of phenolic OH excluding ortho intramolecular Hbond substituents is 1. The molecule has 1 aromatic heterocycles. The number of phenols is 1. The second-order valence-electron chi connectivity index (χ2n) is 3.60. The molecule has 0 aliphatic rings. The molecule has 19 heavy (non-hydrogen) atoms. The van der Waals surface area contributed by atoms with Crippen LogP contribution in [0.1, 0.15) is 27.6 Å². The second-order valence-corrected chi connectivity index (χ2v) is 4.51. The van der Waals surface area contributed by atoms with Gasteiger partial charge in [-0.25, -0.2) is 0 Å². The van der Waals surface area contributed by atoms with Crippen LogP contribution in [0.25, 0.3) is 0 Å². The van der Waals surface area contributed by atoms with Crippen LogP contribution >= 0.6 is 15.9 Å². The van der Waals surface area contributed by atoms with Crippen LogP contribution in [0.2, 0.25) is 0 Å². The van der Waals surface area contributed by atoms with Gasteiger partial charge in [-0.2, -0.15) is 5.21 Å². The number of carbonyl (C=O) groups excluding carboxylic acids is 2. The van der Waals surface area contributed by atoms with Crippen LogP contribution in [0, 0.1) is 0 Å². The summed E-state index contributed by atoms with van der Waals surface area (Å²) in [7, 11) is 0. The molecule has 0 unspecified atom stereocenters. The van der Waals surface area contributed by atoms with Crippen LogP contribution in [0.15, 0.2) is 16.6 Å². The van der Waals surface area contributed by atoms with Crippen LogP contribution in [0.5, 0.6) is 5.75 Å². The van der Waals surface area contributed by atoms with Gasteiger partial charge in [0, 0.05) is 4.47 Å². The number of aromatic nitrogens is 4. The van der Waals surface area contributed by atoms with Crippen molar-refractivity contribution < 1.29 is 14.7 Å². The van der Waals surface area contributed by atoms with E-state index in [4.69, 9.17) is 0 Å². The van der Waals surface area contributed by atoms with Crippen molar-refractivity contribution in [1.29, 1.82) is 0 Å². The molecule has 1 heterocycles. The molecule has 0 aliphatic heterocycles. The molecule has 0 saturated heterocycles. The van der Waals surface area contributed by atoms with E-state index in [0.717, 1.165) is 0 Å². The Hall–Kier alpha value is -2.29. The first-order chi connectivity index (χ1) is 8.99. The number of ketones is 1. The van der Waals surface area contributed by atoms with E-state index in [-0.39, 0.29) is 22.9 Å². The molecule has 1 aromatic carbocycles. The molecule has 1 amide bonds. The van der Waals surface area contributed by atoms with E-state index in [9.17, 15) is 14.7 Å². The van der Waals surface area contributed by atoms with Gasteiger partial charge in [0.05, 0.1) is 11.1 Å². The standard InChI is InChI=1S/C10H8BrN5O3/c1-4(17)6-2-5(11)3-7(8(6)18)9(19)12-10-13-15-16-14-10/h2-3,18H,1H3,(H2,12,13,14,15,16,19). The number of hydrogen-bond acceptors (Lipinski definition) is 6. The van der Waals surface area contributed by atoms with Crippen LogP contribution in [0.4, 0.5) is 5.95 Å². The Labute approximate surface area is 115 Å². The lowest BCUT2D eigenvalue weighted by Gasteiger charge is -2.08. The van der Waals surface area contributed by atoms with Crippen LogP contribution < -0.4 is 5.32 Å². The van der Waals surface area contributed by atoms with Gasteiger partial charge < -0.3 is 5.11 Å². The Morgan fingerprint density at radius 3 is 2.63 bits per heavy atom. The van der Waals surface area contributed by atoms with Gasteiger partial charge in [-0.3, -0.25) is 14.9 Å². The van der Waals surface area contributed by atoms with Gasteiger partial charge in [0.25, 0.3) is 11.9 Å². The summed E-state index contributed by atoms with van der Waals surface area (Å²) in [5.41, 5.74) is -0.0167. The van der Waals surface area contributed by atoms with E-state index in [1.165, 1.54) is 19.1 Å². The van der Waals surface area contributed by atoms with Gasteiger partial charge in [0.1, 0.15) is 5.75 Å². The minimum atomic E-state index is -0.650. The van der Waals surface area contributed by atoms with Gasteiger partial charge in [0.2, 0.25) is 0 Å². The first-order valence-corrected chi connectivity index (χ1v) is 5.86. The Balaban J connectivity index is 2.39. The molecule has 0 radical (unpaired) electrons. The average Bonchev–Trinajstić information content (AvgIpc) is 2.84. The summed E-state index contributed by atoms with van der Waals surface area (Å²) in [6.07, 6.45) is 0. The summed E-state index contributed by atoms with van der Waals surface area (Å²) < 4.78 is 0.494. The Morgan fingerprint density at radius 2 is 2.05 bits per heavy atom. The summed E-state index contributed by atoms with van der Waals surface area (Å²) in [6.45, 7) is 1.29. The summed E-state index contributed by atoms with van der Waals surface area (Å²) in [6, 6.07) is 2.82. The molecule has 0 spiro atoms. The fourth-order valence-electron chi connectivity index (χ4n) is 1.42. The predicted octanol–water partition coefficient (Wildman–Crippen LogP) is 1.12. The number of rotatable bonds is 3. The van der Waals surface area contributed by atoms with E-state index >= 15 is 0 Å². The smallest absolute Gasteiger partial charge is 0.270 e. The maximum absolute atomic E-state index is 11.9. The summed E-state index contributed by atoms with van der Waals surface area (Å²) >= 11 is 3.17. The third kappa shape index (κ3) is 2.76. The second kappa shape index (κ2) is 5.14. The number of tetrazole rings is 1. The summed E-state index contributed by atoms with van der Waals surface area (Å²) in [4.78, 5) is 23.3. The van der Waals surface area contributed by atoms with Gasteiger partial charge in [-0.05, 0) is 24.3 Å². The lowest BCUT2D eigenvalue weighted by atomic mass is 10.1. The zero-order chi connectivity index (χ0) is 14.0. The number of anilines is 1. The highest BCUT2D eigenvalue weighted by Gasteiger charge is 2.19. The van der Waals surface area contributed by atoms with Crippen molar-refractivity contribution in [2.45, 2.75) is 6.92 Å².